The van der Waals surface area contributed by atoms with Gasteiger partial charge in [-0.15, -0.1) is 0 Å². The Morgan fingerprint density at radius 2 is 1.57 bits per heavy atom. The lowest BCUT2D eigenvalue weighted by molar-refractivity contribution is -0.123. The molecule has 0 spiro atoms. The minimum absolute atomic E-state index is 0.143. The van der Waals surface area contributed by atoms with Crippen LogP contribution in [-0.4, -0.2) is 16.3 Å². The summed E-state index contributed by atoms with van der Waals surface area (Å²) in [4.78, 5) is 38.3. The van der Waals surface area contributed by atoms with Gasteiger partial charge in [0.25, 0.3) is 11.5 Å². The SMILES string of the molecule is C[C@H](NC(=O)[C@H](C(=O)c1ccc(F)cc1)n1ccccc1=O)c1ccccc1. The molecule has 1 aromatic heterocycles. The van der Waals surface area contributed by atoms with Crippen molar-refractivity contribution in [2.75, 3.05) is 0 Å². The van der Waals surface area contributed by atoms with Crippen molar-refractivity contribution in [3.05, 3.63) is 106 Å². The molecule has 0 aliphatic carbocycles. The van der Waals surface area contributed by atoms with E-state index in [2.05, 4.69) is 5.32 Å². The summed E-state index contributed by atoms with van der Waals surface area (Å²) in [5, 5.41) is 2.79. The number of pyridine rings is 1. The molecule has 1 N–H and O–H groups in total. The van der Waals surface area contributed by atoms with Gasteiger partial charge in [-0.3, -0.25) is 19.0 Å². The van der Waals surface area contributed by atoms with E-state index in [4.69, 9.17) is 0 Å². The van der Waals surface area contributed by atoms with Gasteiger partial charge in [-0.1, -0.05) is 36.4 Å². The standard InChI is InChI=1S/C22H19FN2O3/c1-15(16-7-3-2-4-8-16)24-22(28)20(25-14-6-5-9-19(25)26)21(27)17-10-12-18(23)13-11-17/h2-15,20H,1H3,(H,24,28)/t15-,20-/m0/s1. The van der Waals surface area contributed by atoms with E-state index in [0.717, 1.165) is 22.3 Å². The zero-order valence-corrected chi connectivity index (χ0v) is 15.2. The Balaban J connectivity index is 1.95. The molecule has 1 amide bonds. The van der Waals surface area contributed by atoms with Gasteiger partial charge in [0.1, 0.15) is 5.82 Å². The van der Waals surface area contributed by atoms with Crippen LogP contribution >= 0.6 is 0 Å². The molecule has 5 nitrogen and oxygen atoms in total. The molecule has 0 radical (unpaired) electrons. The number of hydrogen-bond donors (Lipinski definition) is 1. The summed E-state index contributed by atoms with van der Waals surface area (Å²) in [6.45, 7) is 1.79. The fourth-order valence-electron chi connectivity index (χ4n) is 2.91. The third kappa shape index (κ3) is 4.23. The van der Waals surface area contributed by atoms with Crippen molar-refractivity contribution in [1.82, 2.24) is 9.88 Å². The zero-order valence-electron chi connectivity index (χ0n) is 15.2. The fourth-order valence-corrected chi connectivity index (χ4v) is 2.91. The zero-order chi connectivity index (χ0) is 20.1. The second-order valence-corrected chi connectivity index (χ2v) is 6.36. The average Bonchev–Trinajstić information content (AvgIpc) is 2.70. The van der Waals surface area contributed by atoms with Crippen LogP contribution in [0.2, 0.25) is 0 Å². The molecule has 0 fully saturated rings. The maximum Gasteiger partial charge on any atom is 0.251 e. The predicted molar refractivity (Wildman–Crippen MR) is 103 cm³/mol. The first-order valence-electron chi connectivity index (χ1n) is 8.79. The number of benzene rings is 2. The minimum atomic E-state index is -1.40. The molecule has 142 valence electrons. The third-order valence-electron chi connectivity index (χ3n) is 4.41. The largest absolute Gasteiger partial charge is 0.347 e. The predicted octanol–water partition coefficient (Wildman–Crippen LogP) is 3.29. The number of nitrogens with zero attached hydrogens (tertiary/aromatic N) is 1. The van der Waals surface area contributed by atoms with Gasteiger partial charge in [0.2, 0.25) is 0 Å². The minimum Gasteiger partial charge on any atom is -0.347 e. The first-order valence-corrected chi connectivity index (χ1v) is 8.79. The van der Waals surface area contributed by atoms with E-state index in [-0.39, 0.29) is 11.6 Å². The normalized spacial score (nSPS) is 12.8. The second-order valence-electron chi connectivity index (χ2n) is 6.36. The van der Waals surface area contributed by atoms with Gasteiger partial charge in [-0.2, -0.15) is 0 Å². The summed E-state index contributed by atoms with van der Waals surface area (Å²) in [6.07, 6.45) is 1.39. The molecule has 3 aromatic rings. The number of ketones is 1. The molecule has 3 rings (SSSR count). The van der Waals surface area contributed by atoms with E-state index in [1.54, 1.807) is 13.0 Å². The van der Waals surface area contributed by atoms with Crippen molar-refractivity contribution in [2.45, 2.75) is 19.0 Å². The van der Waals surface area contributed by atoms with Gasteiger partial charge in [-0.25, -0.2) is 4.39 Å². The maximum atomic E-state index is 13.2. The second kappa shape index (κ2) is 8.43. The lowest BCUT2D eigenvalue weighted by atomic mass is 10.0. The molecule has 0 unspecified atom stereocenters. The van der Waals surface area contributed by atoms with Gasteiger partial charge in [0.15, 0.2) is 11.8 Å². The van der Waals surface area contributed by atoms with E-state index >= 15 is 0 Å². The molecule has 28 heavy (non-hydrogen) atoms. The summed E-state index contributed by atoms with van der Waals surface area (Å²) in [7, 11) is 0. The van der Waals surface area contributed by atoms with Crippen molar-refractivity contribution < 1.29 is 14.0 Å². The van der Waals surface area contributed by atoms with Crippen LogP contribution < -0.4 is 10.9 Å². The lowest BCUT2D eigenvalue weighted by Gasteiger charge is -2.21. The molecule has 1 heterocycles. The van der Waals surface area contributed by atoms with Crippen LogP contribution in [0.4, 0.5) is 4.39 Å². The molecular weight excluding hydrogens is 359 g/mol. The van der Waals surface area contributed by atoms with Crippen LogP contribution in [0.3, 0.4) is 0 Å². The van der Waals surface area contributed by atoms with E-state index in [0.29, 0.717) is 0 Å². The Hall–Kier alpha value is -3.54. The number of amides is 1. The van der Waals surface area contributed by atoms with Crippen molar-refractivity contribution in [3.63, 3.8) is 0 Å². The third-order valence-corrected chi connectivity index (χ3v) is 4.41. The van der Waals surface area contributed by atoms with Crippen LogP contribution in [0, 0.1) is 5.82 Å². The van der Waals surface area contributed by atoms with E-state index in [9.17, 15) is 18.8 Å². The van der Waals surface area contributed by atoms with Gasteiger partial charge in [-0.05, 0) is 42.8 Å². The average molecular weight is 378 g/mol. The van der Waals surface area contributed by atoms with Gasteiger partial charge in [0, 0.05) is 17.8 Å². The number of rotatable bonds is 6. The van der Waals surface area contributed by atoms with Crippen molar-refractivity contribution in [2.24, 2.45) is 0 Å². The summed E-state index contributed by atoms with van der Waals surface area (Å²) in [6, 6.07) is 16.8. The van der Waals surface area contributed by atoms with E-state index < -0.39 is 29.1 Å². The number of carbonyl (C=O) groups is 2. The number of hydrogen-bond acceptors (Lipinski definition) is 3. The molecule has 0 saturated carbocycles. The van der Waals surface area contributed by atoms with Crippen molar-refractivity contribution >= 4 is 11.7 Å². The topological polar surface area (TPSA) is 68.2 Å². The molecule has 2 aromatic carbocycles. The quantitative estimate of drug-likeness (QED) is 0.529. The van der Waals surface area contributed by atoms with Crippen LogP contribution in [0.1, 0.15) is 34.9 Å². The van der Waals surface area contributed by atoms with Gasteiger partial charge in [0.05, 0.1) is 6.04 Å². The summed E-state index contributed by atoms with van der Waals surface area (Å²) in [5.41, 5.74) is 0.527. The summed E-state index contributed by atoms with van der Waals surface area (Å²) < 4.78 is 14.3. The molecule has 0 saturated heterocycles. The molecular formula is C22H19FN2O3. The Kier molecular flexibility index (Phi) is 5.79. The first kappa shape index (κ1) is 19.2. The number of Topliss-reactive ketones (excluding diaryl/α,β-unsaturated/α-hetero) is 1. The molecule has 0 aliphatic rings. The smallest absolute Gasteiger partial charge is 0.251 e. The van der Waals surface area contributed by atoms with Crippen molar-refractivity contribution in [3.8, 4) is 0 Å². The number of carbonyl (C=O) groups excluding carboxylic acids is 2. The van der Waals surface area contributed by atoms with Gasteiger partial charge >= 0.3 is 0 Å². The number of aromatic nitrogens is 1. The van der Waals surface area contributed by atoms with E-state index in [1.165, 1.54) is 30.5 Å². The number of halogens is 1. The van der Waals surface area contributed by atoms with Crippen LogP contribution in [0.5, 0.6) is 0 Å². The molecule has 0 aliphatic heterocycles. The molecule has 2 atom stereocenters. The Morgan fingerprint density at radius 1 is 0.929 bits per heavy atom. The molecule has 6 heteroatoms. The Morgan fingerprint density at radius 3 is 2.21 bits per heavy atom. The van der Waals surface area contributed by atoms with Crippen molar-refractivity contribution in [1.29, 1.82) is 0 Å². The summed E-state index contributed by atoms with van der Waals surface area (Å²) in [5.74, 6) is -1.70. The lowest BCUT2D eigenvalue weighted by Crippen LogP contribution is -2.42. The van der Waals surface area contributed by atoms with Crippen LogP contribution in [-0.2, 0) is 4.79 Å². The fraction of sp³-hybridized carbons (Fsp3) is 0.136. The van der Waals surface area contributed by atoms with E-state index in [1.807, 2.05) is 30.3 Å². The Bertz CT molecular complexity index is 1030. The summed E-state index contributed by atoms with van der Waals surface area (Å²) >= 11 is 0. The first-order chi connectivity index (χ1) is 13.5. The monoisotopic (exact) mass is 378 g/mol. The highest BCUT2D eigenvalue weighted by Crippen LogP contribution is 2.18. The van der Waals surface area contributed by atoms with Crippen LogP contribution in [0.25, 0.3) is 0 Å². The Labute approximate surface area is 161 Å². The number of nitrogens with one attached hydrogen (secondary N) is 1. The highest BCUT2D eigenvalue weighted by atomic mass is 19.1. The van der Waals surface area contributed by atoms with Crippen LogP contribution in [0.15, 0.2) is 83.8 Å². The van der Waals surface area contributed by atoms with Gasteiger partial charge < -0.3 is 5.32 Å². The molecule has 0 bridgehead atoms. The maximum absolute atomic E-state index is 13.2. The highest BCUT2D eigenvalue weighted by molar-refractivity contribution is 6.11. The highest BCUT2D eigenvalue weighted by Gasteiger charge is 2.31.